The summed E-state index contributed by atoms with van der Waals surface area (Å²) in [5.74, 6) is 0.513. The van der Waals surface area contributed by atoms with E-state index < -0.39 is 4.92 Å². The van der Waals surface area contributed by atoms with Gasteiger partial charge in [-0.15, -0.1) is 0 Å². The Labute approximate surface area is 134 Å². The van der Waals surface area contributed by atoms with Gasteiger partial charge in [-0.1, -0.05) is 36.1 Å². The van der Waals surface area contributed by atoms with Gasteiger partial charge in [0.2, 0.25) is 0 Å². The number of nitrogens with zero attached hydrogens (tertiary/aromatic N) is 1. The number of nitro benzene ring substituents is 1. The highest BCUT2D eigenvalue weighted by Crippen LogP contribution is 2.32. The lowest BCUT2D eigenvalue weighted by molar-refractivity contribution is -0.384. The molecule has 1 saturated heterocycles. The molecular formula is C14H8N2O4S2. The van der Waals surface area contributed by atoms with Crippen LogP contribution in [0.5, 0.6) is 0 Å². The molecule has 0 spiro atoms. The number of rotatable bonds is 3. The van der Waals surface area contributed by atoms with Crippen LogP contribution in [0.3, 0.4) is 0 Å². The summed E-state index contributed by atoms with van der Waals surface area (Å²) >= 11 is 6.05. The average molecular weight is 332 g/mol. The third-order valence-corrected chi connectivity index (χ3v) is 4.07. The molecule has 1 aromatic carbocycles. The van der Waals surface area contributed by atoms with Gasteiger partial charge in [-0.05, 0) is 18.2 Å². The zero-order chi connectivity index (χ0) is 15.7. The lowest BCUT2D eigenvalue weighted by Crippen LogP contribution is -2.17. The second kappa shape index (κ2) is 5.74. The molecule has 1 aliphatic heterocycles. The highest BCUT2D eigenvalue weighted by Gasteiger charge is 2.23. The van der Waals surface area contributed by atoms with Crippen molar-refractivity contribution in [3.8, 4) is 11.3 Å². The molecule has 1 fully saturated rings. The van der Waals surface area contributed by atoms with Gasteiger partial charge in [-0.25, -0.2) is 0 Å². The van der Waals surface area contributed by atoms with Gasteiger partial charge in [0, 0.05) is 12.1 Å². The number of furan rings is 1. The summed E-state index contributed by atoms with van der Waals surface area (Å²) in [6.07, 6.45) is 1.55. The zero-order valence-corrected chi connectivity index (χ0v) is 12.6. The normalized spacial score (nSPS) is 16.1. The van der Waals surface area contributed by atoms with Crippen LogP contribution >= 0.6 is 24.0 Å². The standard InChI is InChI=1S/C14H8N2O4S2/c17-13-12(22-14(21)15-13)7-8-5-6-11(20-8)9-3-1-2-4-10(9)16(18)19/h1-7H,(H,15,17,21)/b12-7+. The molecule has 0 unspecified atom stereocenters. The molecule has 3 rings (SSSR count). The number of hydrogen-bond acceptors (Lipinski definition) is 6. The van der Waals surface area contributed by atoms with Crippen LogP contribution < -0.4 is 5.32 Å². The van der Waals surface area contributed by atoms with Crippen molar-refractivity contribution in [2.75, 3.05) is 0 Å². The summed E-state index contributed by atoms with van der Waals surface area (Å²) < 4.78 is 5.98. The van der Waals surface area contributed by atoms with Gasteiger partial charge in [0.05, 0.1) is 15.4 Å². The second-order valence-electron chi connectivity index (χ2n) is 4.33. The van der Waals surface area contributed by atoms with Crippen LogP contribution in [0, 0.1) is 10.1 Å². The number of hydrogen-bond donors (Lipinski definition) is 1. The molecule has 1 aromatic heterocycles. The quantitative estimate of drug-likeness (QED) is 0.401. The van der Waals surface area contributed by atoms with Crippen LogP contribution in [-0.4, -0.2) is 15.2 Å². The molecule has 1 aliphatic rings. The molecular weight excluding hydrogens is 324 g/mol. The van der Waals surface area contributed by atoms with Gasteiger partial charge in [0.15, 0.2) is 0 Å². The highest BCUT2D eigenvalue weighted by molar-refractivity contribution is 8.26. The van der Waals surface area contributed by atoms with E-state index in [1.807, 2.05) is 0 Å². The number of amides is 1. The lowest BCUT2D eigenvalue weighted by Gasteiger charge is -1.98. The maximum atomic E-state index is 11.6. The van der Waals surface area contributed by atoms with Crippen molar-refractivity contribution in [1.82, 2.24) is 5.32 Å². The van der Waals surface area contributed by atoms with Crippen molar-refractivity contribution in [3.63, 3.8) is 0 Å². The number of para-hydroxylation sites is 1. The molecule has 1 amide bonds. The topological polar surface area (TPSA) is 85.4 Å². The number of thiocarbonyl (C=S) groups is 1. The number of nitro groups is 1. The van der Waals surface area contributed by atoms with E-state index in [2.05, 4.69) is 5.32 Å². The van der Waals surface area contributed by atoms with Crippen molar-refractivity contribution in [2.24, 2.45) is 0 Å². The average Bonchev–Trinajstić information content (AvgIpc) is 3.06. The molecule has 22 heavy (non-hydrogen) atoms. The Morgan fingerprint density at radius 2 is 2.05 bits per heavy atom. The van der Waals surface area contributed by atoms with Crippen LogP contribution in [0.15, 0.2) is 45.7 Å². The van der Waals surface area contributed by atoms with E-state index >= 15 is 0 Å². The molecule has 2 heterocycles. The molecule has 110 valence electrons. The van der Waals surface area contributed by atoms with E-state index in [1.165, 1.54) is 6.07 Å². The Hall–Kier alpha value is -2.45. The highest BCUT2D eigenvalue weighted by atomic mass is 32.2. The summed E-state index contributed by atoms with van der Waals surface area (Å²) in [5, 5.41) is 13.5. The predicted molar refractivity (Wildman–Crippen MR) is 87.1 cm³/mol. The first-order chi connectivity index (χ1) is 10.5. The lowest BCUT2D eigenvalue weighted by atomic mass is 10.1. The van der Waals surface area contributed by atoms with E-state index in [9.17, 15) is 14.9 Å². The Kier molecular flexibility index (Phi) is 3.78. The van der Waals surface area contributed by atoms with E-state index in [0.717, 1.165) is 11.8 Å². The van der Waals surface area contributed by atoms with Crippen LogP contribution in [0.4, 0.5) is 5.69 Å². The molecule has 2 aromatic rings. The zero-order valence-electron chi connectivity index (χ0n) is 10.9. The van der Waals surface area contributed by atoms with Crippen molar-refractivity contribution in [2.45, 2.75) is 0 Å². The summed E-state index contributed by atoms with van der Waals surface area (Å²) in [7, 11) is 0. The van der Waals surface area contributed by atoms with Crippen LogP contribution in [0.1, 0.15) is 5.76 Å². The van der Waals surface area contributed by atoms with Gasteiger partial charge in [-0.2, -0.15) is 0 Å². The number of carbonyl (C=O) groups is 1. The maximum absolute atomic E-state index is 11.6. The summed E-state index contributed by atoms with van der Waals surface area (Å²) in [6.45, 7) is 0. The minimum atomic E-state index is -0.464. The molecule has 1 N–H and O–H groups in total. The molecule has 0 bridgehead atoms. The fraction of sp³-hybridized carbons (Fsp3) is 0. The van der Waals surface area contributed by atoms with Gasteiger partial charge in [0.25, 0.3) is 11.6 Å². The van der Waals surface area contributed by atoms with E-state index in [-0.39, 0.29) is 11.6 Å². The first kappa shape index (κ1) is 14.5. The van der Waals surface area contributed by atoms with Gasteiger partial charge >= 0.3 is 0 Å². The largest absolute Gasteiger partial charge is 0.456 e. The van der Waals surface area contributed by atoms with Gasteiger partial charge < -0.3 is 9.73 Å². The maximum Gasteiger partial charge on any atom is 0.280 e. The third kappa shape index (κ3) is 2.78. The molecule has 0 aliphatic carbocycles. The monoisotopic (exact) mass is 332 g/mol. The second-order valence-corrected chi connectivity index (χ2v) is 6.05. The fourth-order valence-corrected chi connectivity index (χ4v) is 2.99. The third-order valence-electron chi connectivity index (χ3n) is 2.91. The first-order valence-corrected chi connectivity index (χ1v) is 7.35. The Bertz CT molecular complexity index is 826. The molecule has 8 heteroatoms. The van der Waals surface area contributed by atoms with Gasteiger partial charge in [0.1, 0.15) is 15.8 Å². The summed E-state index contributed by atoms with van der Waals surface area (Å²) in [4.78, 5) is 22.6. The van der Waals surface area contributed by atoms with Crippen LogP contribution in [0.2, 0.25) is 0 Å². The Morgan fingerprint density at radius 1 is 1.27 bits per heavy atom. The van der Waals surface area contributed by atoms with E-state index in [0.29, 0.717) is 26.3 Å². The Morgan fingerprint density at radius 3 is 2.73 bits per heavy atom. The van der Waals surface area contributed by atoms with Crippen molar-refractivity contribution in [1.29, 1.82) is 0 Å². The Balaban J connectivity index is 1.95. The van der Waals surface area contributed by atoms with Gasteiger partial charge in [-0.3, -0.25) is 14.9 Å². The summed E-state index contributed by atoms with van der Waals surface area (Å²) in [5.41, 5.74) is 0.349. The predicted octanol–water partition coefficient (Wildman–Crippen LogP) is 3.34. The molecule has 0 saturated carbocycles. The minimum absolute atomic E-state index is 0.0368. The fourth-order valence-electron chi connectivity index (χ4n) is 1.97. The number of carbonyl (C=O) groups excluding carboxylic acids is 1. The molecule has 0 atom stereocenters. The van der Waals surface area contributed by atoms with Crippen LogP contribution in [0.25, 0.3) is 17.4 Å². The van der Waals surface area contributed by atoms with Crippen molar-refractivity contribution < 1.29 is 14.1 Å². The van der Waals surface area contributed by atoms with Crippen molar-refractivity contribution in [3.05, 3.63) is 57.2 Å². The van der Waals surface area contributed by atoms with E-state index in [4.69, 9.17) is 16.6 Å². The summed E-state index contributed by atoms with van der Waals surface area (Å²) in [6, 6.07) is 9.59. The molecule has 6 nitrogen and oxygen atoms in total. The molecule has 0 radical (unpaired) electrons. The smallest absolute Gasteiger partial charge is 0.280 e. The number of benzene rings is 1. The number of thioether (sulfide) groups is 1. The first-order valence-electron chi connectivity index (χ1n) is 6.13. The number of nitrogens with one attached hydrogen (secondary N) is 1. The van der Waals surface area contributed by atoms with Crippen LogP contribution in [-0.2, 0) is 4.79 Å². The van der Waals surface area contributed by atoms with Crippen molar-refractivity contribution >= 4 is 46.0 Å². The minimum Gasteiger partial charge on any atom is -0.456 e. The SMILES string of the molecule is O=C1NC(=S)S/C1=C/c1ccc(-c2ccccc2[N+](=O)[O-])o1. The van der Waals surface area contributed by atoms with E-state index in [1.54, 1.807) is 36.4 Å².